The number of thiocarbonyl (C=S) groups is 1. The molecule has 0 radical (unpaired) electrons. The fourth-order valence-corrected chi connectivity index (χ4v) is 3.84. The smallest absolute Gasteiger partial charge is 0.123 e. The van der Waals surface area contributed by atoms with Gasteiger partial charge in [0.25, 0.3) is 0 Å². The molecule has 1 fully saturated rings. The van der Waals surface area contributed by atoms with Crippen molar-refractivity contribution in [3.63, 3.8) is 0 Å². The van der Waals surface area contributed by atoms with Crippen LogP contribution in [0.15, 0.2) is 18.2 Å². The summed E-state index contributed by atoms with van der Waals surface area (Å²) in [5.74, 6) is 2.12. The standard InChI is InChI=1S/C15H22N2OS2/c1-3-13-10-17(6-7-20-13)9-12-8-11(15(16)19)4-5-14(12)18-2/h4-5,8,13H,3,6-7,9-10H2,1-2H3,(H2,16,19). The van der Waals surface area contributed by atoms with E-state index in [1.807, 2.05) is 12.1 Å². The summed E-state index contributed by atoms with van der Waals surface area (Å²) in [4.78, 5) is 2.93. The van der Waals surface area contributed by atoms with E-state index in [4.69, 9.17) is 22.7 Å². The normalized spacial score (nSPS) is 19.8. The Morgan fingerprint density at radius 2 is 2.35 bits per heavy atom. The van der Waals surface area contributed by atoms with E-state index < -0.39 is 0 Å². The Bertz CT molecular complexity index is 479. The van der Waals surface area contributed by atoms with Gasteiger partial charge in [0.15, 0.2) is 0 Å². The predicted molar refractivity (Wildman–Crippen MR) is 90.7 cm³/mol. The lowest BCUT2D eigenvalue weighted by Gasteiger charge is -2.32. The maximum atomic E-state index is 5.72. The Balaban J connectivity index is 2.14. The van der Waals surface area contributed by atoms with Crippen LogP contribution in [0.25, 0.3) is 0 Å². The molecule has 0 aliphatic carbocycles. The summed E-state index contributed by atoms with van der Waals surface area (Å²) in [6.45, 7) is 5.43. The minimum absolute atomic E-state index is 0.439. The number of nitrogens with zero attached hydrogens (tertiary/aromatic N) is 1. The molecule has 1 unspecified atom stereocenters. The molecule has 5 heteroatoms. The van der Waals surface area contributed by atoms with Gasteiger partial charge in [0, 0.05) is 41.8 Å². The lowest BCUT2D eigenvalue weighted by molar-refractivity contribution is 0.268. The van der Waals surface area contributed by atoms with Crippen LogP contribution in [0.4, 0.5) is 0 Å². The van der Waals surface area contributed by atoms with Gasteiger partial charge in [-0.2, -0.15) is 11.8 Å². The number of thioether (sulfide) groups is 1. The highest BCUT2D eigenvalue weighted by Gasteiger charge is 2.20. The molecular weight excluding hydrogens is 288 g/mol. The van der Waals surface area contributed by atoms with Crippen LogP contribution in [-0.2, 0) is 6.54 Å². The van der Waals surface area contributed by atoms with Gasteiger partial charge in [-0.25, -0.2) is 0 Å². The van der Waals surface area contributed by atoms with E-state index in [2.05, 4.69) is 29.7 Å². The topological polar surface area (TPSA) is 38.5 Å². The number of ether oxygens (including phenoxy) is 1. The van der Waals surface area contributed by atoms with Gasteiger partial charge in [-0.15, -0.1) is 0 Å². The first-order valence-electron chi connectivity index (χ1n) is 6.94. The average Bonchev–Trinajstić information content (AvgIpc) is 2.47. The number of rotatable bonds is 5. The quantitative estimate of drug-likeness (QED) is 0.847. The summed E-state index contributed by atoms with van der Waals surface area (Å²) in [6, 6.07) is 5.94. The van der Waals surface area contributed by atoms with Crippen molar-refractivity contribution < 1.29 is 4.74 Å². The number of benzene rings is 1. The molecular formula is C15H22N2OS2. The van der Waals surface area contributed by atoms with E-state index in [0.717, 1.165) is 36.2 Å². The highest BCUT2D eigenvalue weighted by atomic mass is 32.2. The van der Waals surface area contributed by atoms with Crippen LogP contribution in [0.2, 0.25) is 0 Å². The molecule has 0 amide bonds. The molecule has 0 aromatic heterocycles. The zero-order chi connectivity index (χ0) is 14.5. The van der Waals surface area contributed by atoms with E-state index in [-0.39, 0.29) is 0 Å². The second kappa shape index (κ2) is 7.29. The Morgan fingerprint density at radius 3 is 3.00 bits per heavy atom. The largest absolute Gasteiger partial charge is 0.496 e. The lowest BCUT2D eigenvalue weighted by Crippen LogP contribution is -2.37. The van der Waals surface area contributed by atoms with Gasteiger partial charge in [-0.1, -0.05) is 19.1 Å². The zero-order valence-corrected chi connectivity index (χ0v) is 13.7. The monoisotopic (exact) mass is 310 g/mol. The predicted octanol–water partition coefficient (Wildman–Crippen LogP) is 2.66. The van der Waals surface area contributed by atoms with Gasteiger partial charge in [-0.05, 0) is 24.6 Å². The van der Waals surface area contributed by atoms with E-state index in [9.17, 15) is 0 Å². The zero-order valence-electron chi connectivity index (χ0n) is 12.1. The third kappa shape index (κ3) is 3.87. The fraction of sp³-hybridized carbons (Fsp3) is 0.533. The fourth-order valence-electron chi connectivity index (χ4n) is 2.47. The highest BCUT2D eigenvalue weighted by molar-refractivity contribution is 8.00. The lowest BCUT2D eigenvalue weighted by atomic mass is 10.1. The van der Waals surface area contributed by atoms with Crippen LogP contribution in [0, 0.1) is 0 Å². The van der Waals surface area contributed by atoms with Crippen molar-refractivity contribution in [1.82, 2.24) is 4.90 Å². The van der Waals surface area contributed by atoms with Crippen molar-refractivity contribution in [2.75, 3.05) is 26.0 Å². The van der Waals surface area contributed by atoms with Crippen LogP contribution >= 0.6 is 24.0 Å². The first kappa shape index (κ1) is 15.6. The number of hydrogen-bond acceptors (Lipinski definition) is 4. The average molecular weight is 310 g/mol. The summed E-state index contributed by atoms with van der Waals surface area (Å²) in [7, 11) is 1.71. The highest BCUT2D eigenvalue weighted by Crippen LogP contribution is 2.26. The Labute approximate surface area is 130 Å². The van der Waals surface area contributed by atoms with Gasteiger partial charge in [0.05, 0.1) is 7.11 Å². The summed E-state index contributed by atoms with van der Waals surface area (Å²) in [5.41, 5.74) is 7.80. The summed E-state index contributed by atoms with van der Waals surface area (Å²) >= 11 is 7.14. The molecule has 3 nitrogen and oxygen atoms in total. The summed E-state index contributed by atoms with van der Waals surface area (Å²) in [6.07, 6.45) is 1.23. The maximum Gasteiger partial charge on any atom is 0.123 e. The molecule has 1 aliphatic rings. The van der Waals surface area contributed by atoms with Crippen LogP contribution in [0.1, 0.15) is 24.5 Å². The van der Waals surface area contributed by atoms with Crippen molar-refractivity contribution >= 4 is 29.0 Å². The van der Waals surface area contributed by atoms with Crippen molar-refractivity contribution in [2.24, 2.45) is 5.73 Å². The van der Waals surface area contributed by atoms with E-state index >= 15 is 0 Å². The summed E-state index contributed by atoms with van der Waals surface area (Å²) in [5, 5.41) is 0.744. The summed E-state index contributed by atoms with van der Waals surface area (Å²) < 4.78 is 5.46. The molecule has 2 N–H and O–H groups in total. The molecule has 110 valence electrons. The van der Waals surface area contributed by atoms with Crippen LogP contribution < -0.4 is 10.5 Å². The van der Waals surface area contributed by atoms with Crippen LogP contribution in [0.3, 0.4) is 0 Å². The molecule has 1 aliphatic heterocycles. The first-order valence-corrected chi connectivity index (χ1v) is 8.40. The van der Waals surface area contributed by atoms with Crippen molar-refractivity contribution in [3.8, 4) is 5.75 Å². The molecule has 0 bridgehead atoms. The van der Waals surface area contributed by atoms with Gasteiger partial charge in [-0.3, -0.25) is 4.90 Å². The first-order chi connectivity index (χ1) is 9.63. The van der Waals surface area contributed by atoms with Gasteiger partial charge in [0.1, 0.15) is 10.7 Å². The van der Waals surface area contributed by atoms with Gasteiger partial charge < -0.3 is 10.5 Å². The molecule has 2 rings (SSSR count). The Kier molecular flexibility index (Phi) is 5.69. The van der Waals surface area contributed by atoms with Crippen LogP contribution in [-0.4, -0.2) is 41.1 Å². The Hall–Kier alpha value is -0.780. The second-order valence-corrected chi connectivity index (χ2v) is 6.88. The maximum absolute atomic E-state index is 5.72. The number of hydrogen-bond donors (Lipinski definition) is 1. The van der Waals surface area contributed by atoms with E-state index in [1.165, 1.54) is 17.7 Å². The third-order valence-corrected chi connectivity index (χ3v) is 5.24. The van der Waals surface area contributed by atoms with Crippen LogP contribution in [0.5, 0.6) is 5.75 Å². The van der Waals surface area contributed by atoms with E-state index in [1.54, 1.807) is 7.11 Å². The molecule has 20 heavy (non-hydrogen) atoms. The molecule has 1 aromatic rings. The molecule has 1 aromatic carbocycles. The number of methoxy groups -OCH3 is 1. The van der Waals surface area contributed by atoms with Gasteiger partial charge in [0.2, 0.25) is 0 Å². The van der Waals surface area contributed by atoms with E-state index in [0.29, 0.717) is 4.99 Å². The SMILES string of the molecule is CCC1CN(Cc2cc(C(N)=S)ccc2OC)CCS1. The Morgan fingerprint density at radius 1 is 1.55 bits per heavy atom. The number of nitrogens with two attached hydrogens (primary N) is 1. The minimum atomic E-state index is 0.439. The molecule has 1 atom stereocenters. The van der Waals surface area contributed by atoms with Crippen molar-refractivity contribution in [3.05, 3.63) is 29.3 Å². The molecule has 1 saturated heterocycles. The molecule has 0 saturated carbocycles. The molecule has 1 heterocycles. The molecule has 0 spiro atoms. The minimum Gasteiger partial charge on any atom is -0.496 e. The van der Waals surface area contributed by atoms with Crippen molar-refractivity contribution in [1.29, 1.82) is 0 Å². The third-order valence-electron chi connectivity index (χ3n) is 3.64. The van der Waals surface area contributed by atoms with Gasteiger partial charge >= 0.3 is 0 Å². The van der Waals surface area contributed by atoms with Crippen molar-refractivity contribution in [2.45, 2.75) is 25.1 Å². The second-order valence-electron chi connectivity index (χ2n) is 5.03.